The maximum atomic E-state index is 11.1. The number of carbonyl (C=O) groups is 1. The molecule has 0 unspecified atom stereocenters. The maximum absolute atomic E-state index is 11.1. The number of aryl methyl sites for hydroxylation is 2. The van der Waals surface area contributed by atoms with E-state index in [1.807, 2.05) is 12.1 Å². The molecular weight excluding hydrogens is 222 g/mol. The third-order valence-corrected chi connectivity index (χ3v) is 3.25. The summed E-state index contributed by atoms with van der Waals surface area (Å²) in [4.78, 5) is 11.1. The molecule has 0 amide bonds. The molecule has 0 saturated heterocycles. The summed E-state index contributed by atoms with van der Waals surface area (Å²) in [7, 11) is 0. The molecule has 18 heavy (non-hydrogen) atoms. The van der Waals surface area contributed by atoms with Crippen LogP contribution < -0.4 is 0 Å². The second-order valence-corrected chi connectivity index (χ2v) is 4.69. The van der Waals surface area contributed by atoms with Crippen molar-refractivity contribution in [1.82, 2.24) is 4.57 Å². The predicted molar refractivity (Wildman–Crippen MR) is 76.1 cm³/mol. The van der Waals surface area contributed by atoms with Gasteiger partial charge in [-0.1, -0.05) is 18.2 Å². The Balaban J connectivity index is 2.30. The molecule has 0 radical (unpaired) electrons. The molecule has 0 fully saturated rings. The standard InChI is InChI=1S/C16H19NO/c1-3-4-5-6-9-17-15(12-18)11-14-8-7-13(2)10-16(14)17/h3,7-8,10-12H,1,4-6,9H2,2H3. The van der Waals surface area contributed by atoms with Gasteiger partial charge in [-0.15, -0.1) is 6.58 Å². The monoisotopic (exact) mass is 241 g/mol. The van der Waals surface area contributed by atoms with Gasteiger partial charge in [0, 0.05) is 17.4 Å². The van der Waals surface area contributed by atoms with E-state index in [0.717, 1.165) is 48.7 Å². The van der Waals surface area contributed by atoms with Crippen LogP contribution in [0.3, 0.4) is 0 Å². The highest BCUT2D eigenvalue weighted by molar-refractivity contribution is 5.89. The molecule has 1 aromatic heterocycles. The lowest BCUT2D eigenvalue weighted by molar-refractivity contribution is 0.111. The van der Waals surface area contributed by atoms with Gasteiger partial charge in [-0.25, -0.2) is 0 Å². The van der Waals surface area contributed by atoms with Crippen molar-refractivity contribution < 1.29 is 4.79 Å². The molecule has 1 heterocycles. The number of unbranched alkanes of at least 4 members (excludes halogenated alkanes) is 2. The van der Waals surface area contributed by atoms with Crippen molar-refractivity contribution >= 4 is 17.2 Å². The fourth-order valence-electron chi connectivity index (χ4n) is 2.29. The zero-order valence-corrected chi connectivity index (χ0v) is 10.9. The molecule has 1 aromatic carbocycles. The van der Waals surface area contributed by atoms with E-state index in [4.69, 9.17) is 0 Å². The van der Waals surface area contributed by atoms with Gasteiger partial charge in [0.05, 0.1) is 5.69 Å². The Labute approximate surface area is 108 Å². The number of aldehydes is 1. The second kappa shape index (κ2) is 5.67. The van der Waals surface area contributed by atoms with E-state index in [-0.39, 0.29) is 0 Å². The van der Waals surface area contributed by atoms with Crippen LogP contribution in [0.2, 0.25) is 0 Å². The van der Waals surface area contributed by atoms with Gasteiger partial charge < -0.3 is 4.57 Å². The smallest absolute Gasteiger partial charge is 0.166 e. The first kappa shape index (κ1) is 12.6. The van der Waals surface area contributed by atoms with Crippen LogP contribution in [0.5, 0.6) is 0 Å². The fraction of sp³-hybridized carbons (Fsp3) is 0.312. The number of aromatic nitrogens is 1. The van der Waals surface area contributed by atoms with Crippen molar-refractivity contribution in [3.05, 3.63) is 48.2 Å². The van der Waals surface area contributed by atoms with Crippen LogP contribution in [0, 0.1) is 6.92 Å². The molecule has 0 spiro atoms. The van der Waals surface area contributed by atoms with Gasteiger partial charge in [-0.2, -0.15) is 0 Å². The minimum Gasteiger partial charge on any atom is -0.338 e. The topological polar surface area (TPSA) is 22.0 Å². The largest absolute Gasteiger partial charge is 0.338 e. The second-order valence-electron chi connectivity index (χ2n) is 4.69. The molecule has 0 aliphatic carbocycles. The first-order chi connectivity index (χ1) is 8.76. The SMILES string of the molecule is C=CCCCCn1c(C=O)cc2ccc(C)cc21. The quantitative estimate of drug-likeness (QED) is 0.423. The van der Waals surface area contributed by atoms with Crippen LogP contribution >= 0.6 is 0 Å². The molecule has 2 aromatic rings. The average molecular weight is 241 g/mol. The zero-order valence-electron chi connectivity index (χ0n) is 10.9. The number of rotatable bonds is 6. The van der Waals surface area contributed by atoms with Gasteiger partial charge in [-0.05, 0) is 43.9 Å². The highest BCUT2D eigenvalue weighted by atomic mass is 16.1. The van der Waals surface area contributed by atoms with Crippen molar-refractivity contribution in [2.45, 2.75) is 32.7 Å². The van der Waals surface area contributed by atoms with Crippen LogP contribution in [0.25, 0.3) is 10.9 Å². The molecule has 2 rings (SSSR count). The van der Waals surface area contributed by atoms with E-state index in [0.29, 0.717) is 0 Å². The Morgan fingerprint density at radius 3 is 2.83 bits per heavy atom. The summed E-state index contributed by atoms with van der Waals surface area (Å²) in [5, 5.41) is 1.14. The van der Waals surface area contributed by atoms with Gasteiger partial charge in [-0.3, -0.25) is 4.79 Å². The summed E-state index contributed by atoms with van der Waals surface area (Å²) < 4.78 is 2.12. The van der Waals surface area contributed by atoms with E-state index in [1.165, 1.54) is 5.56 Å². The number of fused-ring (bicyclic) bond motifs is 1. The number of nitrogens with zero attached hydrogens (tertiary/aromatic N) is 1. The first-order valence-electron chi connectivity index (χ1n) is 6.42. The number of hydrogen-bond donors (Lipinski definition) is 0. The summed E-state index contributed by atoms with van der Waals surface area (Å²) in [5.41, 5.74) is 3.16. The Morgan fingerprint density at radius 2 is 2.11 bits per heavy atom. The highest BCUT2D eigenvalue weighted by Crippen LogP contribution is 2.21. The lowest BCUT2D eigenvalue weighted by Gasteiger charge is -2.07. The molecule has 0 atom stereocenters. The van der Waals surface area contributed by atoms with Crippen molar-refractivity contribution in [2.75, 3.05) is 0 Å². The third kappa shape index (κ3) is 2.53. The lowest BCUT2D eigenvalue weighted by atomic mass is 10.2. The van der Waals surface area contributed by atoms with Gasteiger partial charge in [0.2, 0.25) is 0 Å². The van der Waals surface area contributed by atoms with E-state index >= 15 is 0 Å². The third-order valence-electron chi connectivity index (χ3n) is 3.25. The van der Waals surface area contributed by atoms with Gasteiger partial charge in [0.1, 0.15) is 0 Å². The Bertz CT molecular complexity index is 566. The molecular formula is C16H19NO. The number of hydrogen-bond acceptors (Lipinski definition) is 1. The van der Waals surface area contributed by atoms with Crippen molar-refractivity contribution in [3.8, 4) is 0 Å². The predicted octanol–water partition coefficient (Wildman–Crippen LogP) is 4.12. The summed E-state index contributed by atoms with van der Waals surface area (Å²) >= 11 is 0. The van der Waals surface area contributed by atoms with Crippen molar-refractivity contribution in [1.29, 1.82) is 0 Å². The number of allylic oxidation sites excluding steroid dienone is 1. The summed E-state index contributed by atoms with van der Waals surface area (Å²) in [5.74, 6) is 0. The Kier molecular flexibility index (Phi) is 3.98. The van der Waals surface area contributed by atoms with E-state index in [2.05, 4.69) is 36.3 Å². The molecule has 0 aliphatic heterocycles. The molecule has 0 bridgehead atoms. The number of benzene rings is 1. The zero-order chi connectivity index (χ0) is 13.0. The van der Waals surface area contributed by atoms with Gasteiger partial charge in [0.15, 0.2) is 6.29 Å². The average Bonchev–Trinajstić information content (AvgIpc) is 2.72. The molecule has 94 valence electrons. The summed E-state index contributed by atoms with van der Waals surface area (Å²) in [6.07, 6.45) is 6.12. The molecule has 2 heteroatoms. The Hall–Kier alpha value is -1.83. The Morgan fingerprint density at radius 1 is 1.28 bits per heavy atom. The van der Waals surface area contributed by atoms with Crippen molar-refractivity contribution in [2.24, 2.45) is 0 Å². The van der Waals surface area contributed by atoms with Crippen LogP contribution in [0.1, 0.15) is 35.3 Å². The molecule has 2 nitrogen and oxygen atoms in total. The number of carbonyl (C=O) groups excluding carboxylic acids is 1. The lowest BCUT2D eigenvalue weighted by Crippen LogP contribution is -2.02. The van der Waals surface area contributed by atoms with Crippen LogP contribution in [0.15, 0.2) is 36.9 Å². The highest BCUT2D eigenvalue weighted by Gasteiger charge is 2.07. The van der Waals surface area contributed by atoms with Crippen molar-refractivity contribution in [3.63, 3.8) is 0 Å². The van der Waals surface area contributed by atoms with Gasteiger partial charge in [0.25, 0.3) is 0 Å². The fourth-order valence-corrected chi connectivity index (χ4v) is 2.29. The maximum Gasteiger partial charge on any atom is 0.166 e. The first-order valence-corrected chi connectivity index (χ1v) is 6.42. The molecule has 0 aliphatic rings. The van der Waals surface area contributed by atoms with Crippen LogP contribution in [-0.2, 0) is 6.54 Å². The molecule has 0 saturated carbocycles. The van der Waals surface area contributed by atoms with E-state index in [9.17, 15) is 4.79 Å². The van der Waals surface area contributed by atoms with Crippen LogP contribution in [-0.4, -0.2) is 10.9 Å². The van der Waals surface area contributed by atoms with E-state index in [1.54, 1.807) is 0 Å². The normalized spacial score (nSPS) is 10.7. The van der Waals surface area contributed by atoms with Crippen LogP contribution in [0.4, 0.5) is 0 Å². The molecule has 0 N–H and O–H groups in total. The minimum atomic E-state index is 0.772. The summed E-state index contributed by atoms with van der Waals surface area (Å²) in [6.45, 7) is 6.70. The van der Waals surface area contributed by atoms with E-state index < -0.39 is 0 Å². The summed E-state index contributed by atoms with van der Waals surface area (Å²) in [6, 6.07) is 8.28. The minimum absolute atomic E-state index is 0.772. The van der Waals surface area contributed by atoms with Gasteiger partial charge >= 0.3 is 0 Å².